The van der Waals surface area contributed by atoms with Crippen LogP contribution in [0.5, 0.6) is 0 Å². The van der Waals surface area contributed by atoms with Gasteiger partial charge in [-0.1, -0.05) is 6.58 Å². The molecule has 0 radical (unpaired) electrons. The molecule has 3 unspecified atom stereocenters. The quantitative estimate of drug-likeness (QED) is 0.125. The zero-order valence-electron chi connectivity index (χ0n) is 13.3. The van der Waals surface area contributed by atoms with Gasteiger partial charge in [0.2, 0.25) is 5.76 Å². The van der Waals surface area contributed by atoms with Crippen molar-refractivity contribution < 1.29 is 59.8 Å². The molecule has 0 amide bonds. The third-order valence-corrected chi connectivity index (χ3v) is 3.75. The Morgan fingerprint density at radius 3 is 2.19 bits per heavy atom. The van der Waals surface area contributed by atoms with Gasteiger partial charge in [0.1, 0.15) is 12.0 Å². The molecule has 0 aromatic rings. The van der Waals surface area contributed by atoms with Crippen LogP contribution in [0.1, 0.15) is 13.3 Å². The fourth-order valence-corrected chi connectivity index (χ4v) is 2.65. The number of carbonyl (C=O) groups is 3. The minimum Gasteiger partial charge on any atom is -0.507 e. The van der Waals surface area contributed by atoms with Crippen molar-refractivity contribution in [3.05, 3.63) is 35.7 Å². The van der Waals surface area contributed by atoms with Crippen LogP contribution in [0, 0.1) is 11.3 Å². The van der Waals surface area contributed by atoms with Crippen LogP contribution in [-0.2, 0) is 28.9 Å². The molecule has 12 nitrogen and oxygen atoms in total. The second-order valence-electron chi connectivity index (χ2n) is 5.28. The van der Waals surface area contributed by atoms with Crippen molar-refractivity contribution in [2.45, 2.75) is 19.4 Å². The molecule has 0 aromatic heterocycles. The standard InChI is InChI=1S/C14H16O12/c1-3-6(15)24-5(2)4-14(13(21)26-23)7(12(20)25-22)8(16)9(17)10(18)11(14)19/h3,5,7,16-19,22-23H,1,4H2,2H3. The number of hydrogen-bond donors (Lipinski definition) is 6. The highest BCUT2D eigenvalue weighted by Gasteiger charge is 2.62. The van der Waals surface area contributed by atoms with Gasteiger partial charge in [0, 0.05) is 12.5 Å². The minimum absolute atomic E-state index is 0.768. The molecule has 3 atom stereocenters. The number of esters is 1. The average molecular weight is 376 g/mol. The average Bonchev–Trinajstić information content (AvgIpc) is 2.62. The number of rotatable bonds is 6. The van der Waals surface area contributed by atoms with E-state index in [1.807, 2.05) is 0 Å². The van der Waals surface area contributed by atoms with Crippen molar-refractivity contribution >= 4 is 17.9 Å². The molecule has 0 heterocycles. The Hall–Kier alpha value is -3.25. The fourth-order valence-electron chi connectivity index (χ4n) is 2.65. The molecule has 144 valence electrons. The summed E-state index contributed by atoms with van der Waals surface area (Å²) in [6, 6.07) is 0. The topological polar surface area (TPSA) is 200 Å². The minimum atomic E-state index is -2.82. The smallest absolute Gasteiger partial charge is 0.357 e. The zero-order chi connectivity index (χ0) is 20.2. The first-order valence-corrected chi connectivity index (χ1v) is 6.87. The molecule has 12 heteroatoms. The highest BCUT2D eigenvalue weighted by Crippen LogP contribution is 2.49. The maximum absolute atomic E-state index is 12.2. The van der Waals surface area contributed by atoms with Crippen molar-refractivity contribution in [2.24, 2.45) is 11.3 Å². The van der Waals surface area contributed by atoms with Gasteiger partial charge < -0.3 is 30.1 Å². The number of hydrogen-bond acceptors (Lipinski definition) is 12. The second kappa shape index (κ2) is 7.76. The number of carbonyl (C=O) groups excluding carboxylic acids is 3. The van der Waals surface area contributed by atoms with Crippen molar-refractivity contribution in [3.8, 4) is 0 Å². The molecule has 26 heavy (non-hydrogen) atoms. The van der Waals surface area contributed by atoms with E-state index in [1.54, 1.807) is 0 Å². The van der Waals surface area contributed by atoms with E-state index < -0.39 is 64.8 Å². The maximum Gasteiger partial charge on any atom is 0.357 e. The van der Waals surface area contributed by atoms with E-state index in [9.17, 15) is 34.8 Å². The van der Waals surface area contributed by atoms with Gasteiger partial charge in [-0.3, -0.25) is 4.89 Å². The Morgan fingerprint density at radius 1 is 1.15 bits per heavy atom. The van der Waals surface area contributed by atoms with Gasteiger partial charge in [-0.05, 0) is 6.92 Å². The van der Waals surface area contributed by atoms with Gasteiger partial charge in [0.15, 0.2) is 22.7 Å². The highest BCUT2D eigenvalue weighted by atomic mass is 17.1. The molecule has 0 spiro atoms. The Bertz CT molecular complexity index is 690. The van der Waals surface area contributed by atoms with Crippen molar-refractivity contribution in [1.82, 2.24) is 0 Å². The molecule has 1 aliphatic carbocycles. The SMILES string of the molecule is C=CC(=O)OC(C)CC1(C(=O)OO)C(O)=C(O)C(O)=C(O)C1C(=O)OO. The Morgan fingerprint density at radius 2 is 1.73 bits per heavy atom. The molecule has 0 fully saturated rings. The first-order valence-electron chi connectivity index (χ1n) is 6.87. The first-order chi connectivity index (χ1) is 12.1. The summed E-state index contributed by atoms with van der Waals surface area (Å²) in [4.78, 5) is 42.3. The van der Waals surface area contributed by atoms with E-state index in [2.05, 4.69) is 16.4 Å². The largest absolute Gasteiger partial charge is 0.507 e. The second-order valence-corrected chi connectivity index (χ2v) is 5.28. The molecule has 0 bridgehead atoms. The fraction of sp³-hybridized carbons (Fsp3) is 0.357. The summed E-state index contributed by atoms with van der Waals surface area (Å²) in [7, 11) is 0. The van der Waals surface area contributed by atoms with Crippen LogP contribution >= 0.6 is 0 Å². The normalized spacial score (nSPS) is 23.9. The third-order valence-electron chi connectivity index (χ3n) is 3.75. The van der Waals surface area contributed by atoms with Gasteiger partial charge in [-0.15, -0.1) is 0 Å². The van der Waals surface area contributed by atoms with Gasteiger partial charge in [-0.2, -0.15) is 10.5 Å². The molecular formula is C14H16O12. The predicted octanol–water partition coefficient (Wildman–Crippen LogP) is 0.798. The van der Waals surface area contributed by atoms with E-state index in [0.29, 0.717) is 0 Å². The molecule has 0 saturated carbocycles. The summed E-state index contributed by atoms with van der Waals surface area (Å²) >= 11 is 0. The predicted molar refractivity (Wildman–Crippen MR) is 78.3 cm³/mol. The Labute approximate surface area is 145 Å². The van der Waals surface area contributed by atoms with Crippen molar-refractivity contribution in [1.29, 1.82) is 0 Å². The molecular weight excluding hydrogens is 360 g/mol. The highest BCUT2D eigenvalue weighted by molar-refractivity contribution is 5.90. The maximum atomic E-state index is 12.2. The third kappa shape index (κ3) is 3.27. The van der Waals surface area contributed by atoms with Crippen LogP contribution in [-0.4, -0.2) is 55.0 Å². The van der Waals surface area contributed by atoms with E-state index in [4.69, 9.17) is 15.3 Å². The summed E-state index contributed by atoms with van der Waals surface area (Å²) < 4.78 is 4.79. The van der Waals surface area contributed by atoms with Crippen LogP contribution in [0.4, 0.5) is 0 Å². The number of ether oxygens (including phenoxy) is 1. The lowest BCUT2D eigenvalue weighted by Gasteiger charge is -2.38. The summed E-state index contributed by atoms with van der Waals surface area (Å²) in [5, 5.41) is 56.8. The summed E-state index contributed by atoms with van der Waals surface area (Å²) in [5.74, 6) is -12.5. The monoisotopic (exact) mass is 376 g/mol. The summed E-state index contributed by atoms with van der Waals surface area (Å²) in [6.45, 7) is 4.33. The van der Waals surface area contributed by atoms with Crippen LogP contribution in [0.3, 0.4) is 0 Å². The van der Waals surface area contributed by atoms with E-state index >= 15 is 0 Å². The molecule has 1 aliphatic rings. The van der Waals surface area contributed by atoms with Crippen LogP contribution in [0.15, 0.2) is 35.7 Å². The number of aliphatic hydroxyl groups is 4. The van der Waals surface area contributed by atoms with Crippen molar-refractivity contribution in [2.75, 3.05) is 0 Å². The number of aliphatic hydroxyl groups excluding tert-OH is 4. The molecule has 1 rings (SSSR count). The molecule has 0 saturated heterocycles. The summed E-state index contributed by atoms with van der Waals surface area (Å²) in [5.41, 5.74) is -2.82. The van der Waals surface area contributed by atoms with Crippen LogP contribution in [0.25, 0.3) is 0 Å². The lowest BCUT2D eigenvalue weighted by Crippen LogP contribution is -2.51. The zero-order valence-corrected chi connectivity index (χ0v) is 13.3. The van der Waals surface area contributed by atoms with Crippen LogP contribution < -0.4 is 0 Å². The lowest BCUT2D eigenvalue weighted by molar-refractivity contribution is -0.259. The van der Waals surface area contributed by atoms with Gasteiger partial charge in [0.05, 0.1) is 0 Å². The van der Waals surface area contributed by atoms with Crippen LogP contribution in [0.2, 0.25) is 0 Å². The van der Waals surface area contributed by atoms with Gasteiger partial charge in [0.25, 0.3) is 0 Å². The first kappa shape index (κ1) is 20.8. The van der Waals surface area contributed by atoms with Gasteiger partial charge >= 0.3 is 17.9 Å². The van der Waals surface area contributed by atoms with E-state index in [1.165, 1.54) is 6.92 Å². The van der Waals surface area contributed by atoms with Gasteiger partial charge in [-0.25, -0.2) is 14.4 Å². The Balaban J connectivity index is 3.62. The summed E-state index contributed by atoms with van der Waals surface area (Å²) in [6.07, 6.45) is -1.39. The van der Waals surface area contributed by atoms with E-state index in [-0.39, 0.29) is 0 Å². The van der Waals surface area contributed by atoms with E-state index in [0.717, 1.165) is 6.08 Å². The Kier molecular flexibility index (Phi) is 6.20. The molecule has 0 aromatic carbocycles. The molecule has 6 N–H and O–H groups in total. The molecule has 0 aliphatic heterocycles. The lowest BCUT2D eigenvalue weighted by atomic mass is 9.66. The van der Waals surface area contributed by atoms with Crippen molar-refractivity contribution in [3.63, 3.8) is 0 Å².